The van der Waals surface area contributed by atoms with Crippen LogP contribution in [-0.2, 0) is 5.54 Å². The normalized spacial score (nSPS) is 27.8. The summed E-state index contributed by atoms with van der Waals surface area (Å²) in [6, 6.07) is 4.87. The van der Waals surface area contributed by atoms with E-state index in [4.69, 9.17) is 17.3 Å². The predicted molar refractivity (Wildman–Crippen MR) is 78.7 cm³/mol. The second-order valence-electron chi connectivity index (χ2n) is 6.37. The van der Waals surface area contributed by atoms with Gasteiger partial charge in [-0.15, -0.1) is 0 Å². The summed E-state index contributed by atoms with van der Waals surface area (Å²) in [7, 11) is 0. The summed E-state index contributed by atoms with van der Waals surface area (Å²) >= 11 is 5.82. The molecule has 1 saturated carbocycles. The molecule has 0 saturated heterocycles. The smallest absolute Gasteiger partial charge is 0.129 e. The lowest BCUT2D eigenvalue weighted by molar-refractivity contribution is 0.198. The molecule has 0 amide bonds. The van der Waals surface area contributed by atoms with Gasteiger partial charge in [-0.1, -0.05) is 44.4 Å². The van der Waals surface area contributed by atoms with Crippen LogP contribution in [0.1, 0.15) is 51.5 Å². The van der Waals surface area contributed by atoms with Gasteiger partial charge in [0.05, 0.1) is 0 Å². The SMILES string of the molecule is CC(C)CC1CCCC(N)(c2ccc(Cl)cc2F)C1. The maximum Gasteiger partial charge on any atom is 0.129 e. The third-order valence-corrected chi connectivity index (χ3v) is 4.40. The maximum atomic E-state index is 14.1. The summed E-state index contributed by atoms with van der Waals surface area (Å²) in [4.78, 5) is 0. The van der Waals surface area contributed by atoms with Gasteiger partial charge in [0.25, 0.3) is 0 Å². The van der Waals surface area contributed by atoms with E-state index in [1.807, 2.05) is 0 Å². The molecule has 19 heavy (non-hydrogen) atoms. The Morgan fingerprint density at radius 1 is 1.47 bits per heavy atom. The summed E-state index contributed by atoms with van der Waals surface area (Å²) < 4.78 is 14.1. The van der Waals surface area contributed by atoms with Crippen LogP contribution in [0.5, 0.6) is 0 Å². The number of benzene rings is 1. The number of hydrogen-bond donors (Lipinski definition) is 1. The highest BCUT2D eigenvalue weighted by atomic mass is 35.5. The summed E-state index contributed by atoms with van der Waals surface area (Å²) in [6.07, 6.45) is 5.21. The number of hydrogen-bond acceptors (Lipinski definition) is 1. The fraction of sp³-hybridized carbons (Fsp3) is 0.625. The molecule has 1 aromatic carbocycles. The lowest BCUT2D eigenvalue weighted by Crippen LogP contribution is -2.42. The minimum absolute atomic E-state index is 0.264. The fourth-order valence-corrected chi connectivity index (χ4v) is 3.59. The first-order valence-electron chi connectivity index (χ1n) is 7.15. The molecule has 2 N–H and O–H groups in total. The van der Waals surface area contributed by atoms with Crippen molar-refractivity contribution in [3.63, 3.8) is 0 Å². The topological polar surface area (TPSA) is 26.0 Å². The Morgan fingerprint density at radius 2 is 2.21 bits per heavy atom. The predicted octanol–water partition coefficient (Wildman–Crippen LogP) is 4.87. The van der Waals surface area contributed by atoms with E-state index in [9.17, 15) is 4.39 Å². The molecule has 2 rings (SSSR count). The molecule has 1 aliphatic carbocycles. The van der Waals surface area contributed by atoms with Gasteiger partial charge >= 0.3 is 0 Å². The molecule has 0 bridgehead atoms. The first-order valence-corrected chi connectivity index (χ1v) is 7.53. The van der Waals surface area contributed by atoms with Gasteiger partial charge < -0.3 is 5.73 Å². The molecule has 1 aromatic rings. The largest absolute Gasteiger partial charge is 0.321 e. The molecule has 3 heteroatoms. The highest BCUT2D eigenvalue weighted by Gasteiger charge is 2.36. The Morgan fingerprint density at radius 3 is 2.84 bits per heavy atom. The third kappa shape index (κ3) is 3.49. The van der Waals surface area contributed by atoms with Gasteiger partial charge in [-0.05, 0) is 43.2 Å². The minimum atomic E-state index is -0.521. The van der Waals surface area contributed by atoms with Gasteiger partial charge in [0.2, 0.25) is 0 Å². The maximum absolute atomic E-state index is 14.1. The van der Waals surface area contributed by atoms with E-state index in [0.29, 0.717) is 22.4 Å². The van der Waals surface area contributed by atoms with Gasteiger partial charge in [0.15, 0.2) is 0 Å². The second kappa shape index (κ2) is 5.80. The molecule has 1 aliphatic rings. The van der Waals surface area contributed by atoms with Crippen LogP contribution in [0.3, 0.4) is 0 Å². The zero-order chi connectivity index (χ0) is 14.0. The highest BCUT2D eigenvalue weighted by Crippen LogP contribution is 2.41. The summed E-state index contributed by atoms with van der Waals surface area (Å²) in [6.45, 7) is 4.46. The van der Waals surface area contributed by atoms with E-state index < -0.39 is 5.54 Å². The molecule has 1 fully saturated rings. The van der Waals surface area contributed by atoms with Crippen LogP contribution in [0.2, 0.25) is 5.02 Å². The van der Waals surface area contributed by atoms with Crippen molar-refractivity contribution in [2.45, 2.75) is 51.5 Å². The van der Waals surface area contributed by atoms with E-state index >= 15 is 0 Å². The standard InChI is InChI=1S/C16H23ClFN/c1-11(2)8-12-4-3-7-16(19,10-12)14-6-5-13(17)9-15(14)18/h5-6,9,11-12H,3-4,7-8,10,19H2,1-2H3. The first-order chi connectivity index (χ1) is 8.90. The molecule has 106 valence electrons. The zero-order valence-electron chi connectivity index (χ0n) is 11.8. The Labute approximate surface area is 120 Å². The van der Waals surface area contributed by atoms with Gasteiger partial charge in [-0.2, -0.15) is 0 Å². The quantitative estimate of drug-likeness (QED) is 0.841. The van der Waals surface area contributed by atoms with Crippen LogP contribution in [-0.4, -0.2) is 0 Å². The average Bonchev–Trinajstić information content (AvgIpc) is 2.27. The van der Waals surface area contributed by atoms with Gasteiger partial charge in [-0.3, -0.25) is 0 Å². The number of halogens is 2. The Hall–Kier alpha value is -0.600. The van der Waals surface area contributed by atoms with Crippen LogP contribution in [0.15, 0.2) is 18.2 Å². The monoisotopic (exact) mass is 283 g/mol. The Bertz CT molecular complexity index is 446. The van der Waals surface area contributed by atoms with E-state index in [2.05, 4.69) is 13.8 Å². The lowest BCUT2D eigenvalue weighted by atomic mass is 9.70. The molecule has 0 heterocycles. The van der Waals surface area contributed by atoms with Crippen molar-refractivity contribution in [3.8, 4) is 0 Å². The first kappa shape index (κ1) is 14.8. The molecular weight excluding hydrogens is 261 g/mol. The van der Waals surface area contributed by atoms with Crippen LogP contribution >= 0.6 is 11.6 Å². The average molecular weight is 284 g/mol. The third-order valence-electron chi connectivity index (χ3n) is 4.16. The van der Waals surface area contributed by atoms with Crippen molar-refractivity contribution < 1.29 is 4.39 Å². The van der Waals surface area contributed by atoms with Crippen LogP contribution in [0.25, 0.3) is 0 Å². The van der Waals surface area contributed by atoms with E-state index in [0.717, 1.165) is 19.3 Å². The molecule has 0 radical (unpaired) electrons. The Kier molecular flexibility index (Phi) is 4.52. The molecule has 2 atom stereocenters. The van der Waals surface area contributed by atoms with Crippen molar-refractivity contribution in [3.05, 3.63) is 34.6 Å². The Balaban J connectivity index is 2.21. The molecule has 0 spiro atoms. The molecule has 0 aliphatic heterocycles. The van der Waals surface area contributed by atoms with Crippen LogP contribution < -0.4 is 5.73 Å². The van der Waals surface area contributed by atoms with Crippen molar-refractivity contribution in [2.24, 2.45) is 17.6 Å². The van der Waals surface area contributed by atoms with Gasteiger partial charge in [-0.25, -0.2) is 4.39 Å². The van der Waals surface area contributed by atoms with Crippen LogP contribution in [0, 0.1) is 17.7 Å². The number of nitrogens with two attached hydrogens (primary N) is 1. The van der Waals surface area contributed by atoms with E-state index in [-0.39, 0.29) is 5.82 Å². The van der Waals surface area contributed by atoms with Crippen LogP contribution in [0.4, 0.5) is 4.39 Å². The van der Waals surface area contributed by atoms with Crippen molar-refractivity contribution in [1.82, 2.24) is 0 Å². The molecule has 0 aromatic heterocycles. The van der Waals surface area contributed by atoms with E-state index in [1.165, 1.54) is 18.9 Å². The second-order valence-corrected chi connectivity index (χ2v) is 6.81. The lowest BCUT2D eigenvalue weighted by Gasteiger charge is -2.39. The molecular formula is C16H23ClFN. The summed E-state index contributed by atoms with van der Waals surface area (Å²) in [5.74, 6) is 1.01. The zero-order valence-corrected chi connectivity index (χ0v) is 12.5. The molecule has 2 unspecified atom stereocenters. The fourth-order valence-electron chi connectivity index (χ4n) is 3.43. The van der Waals surface area contributed by atoms with Crippen molar-refractivity contribution in [2.75, 3.05) is 0 Å². The van der Waals surface area contributed by atoms with Gasteiger partial charge in [0.1, 0.15) is 5.82 Å². The van der Waals surface area contributed by atoms with Crippen molar-refractivity contribution >= 4 is 11.6 Å². The van der Waals surface area contributed by atoms with Gasteiger partial charge in [0, 0.05) is 16.1 Å². The van der Waals surface area contributed by atoms with E-state index in [1.54, 1.807) is 12.1 Å². The molecule has 1 nitrogen and oxygen atoms in total. The summed E-state index contributed by atoms with van der Waals surface area (Å²) in [5.41, 5.74) is 6.62. The summed E-state index contributed by atoms with van der Waals surface area (Å²) in [5, 5.41) is 0.430. The minimum Gasteiger partial charge on any atom is -0.321 e. The van der Waals surface area contributed by atoms with Crippen molar-refractivity contribution in [1.29, 1.82) is 0 Å². The number of rotatable bonds is 3. The highest BCUT2D eigenvalue weighted by molar-refractivity contribution is 6.30.